The van der Waals surface area contributed by atoms with Crippen molar-refractivity contribution < 1.29 is 9.18 Å². The van der Waals surface area contributed by atoms with Crippen LogP contribution in [0.4, 0.5) is 10.1 Å². The van der Waals surface area contributed by atoms with Crippen molar-refractivity contribution in [3.8, 4) is 0 Å². The van der Waals surface area contributed by atoms with Crippen LogP contribution >= 0.6 is 0 Å². The Kier molecular flexibility index (Phi) is 5.89. The van der Waals surface area contributed by atoms with Crippen LogP contribution in [0.15, 0.2) is 48.5 Å². The van der Waals surface area contributed by atoms with Crippen LogP contribution in [0.1, 0.15) is 34.8 Å². The van der Waals surface area contributed by atoms with Crippen molar-refractivity contribution in [3.05, 3.63) is 65.5 Å². The molecule has 2 aromatic carbocycles. The smallest absolute Gasteiger partial charge is 0.254 e. The van der Waals surface area contributed by atoms with Gasteiger partial charge in [0.15, 0.2) is 0 Å². The van der Waals surface area contributed by atoms with Crippen LogP contribution in [0.5, 0.6) is 0 Å². The van der Waals surface area contributed by atoms with Crippen molar-refractivity contribution >= 4 is 11.6 Å². The number of carbonyl (C=O) groups excluding carboxylic acids is 1. The van der Waals surface area contributed by atoms with E-state index in [-0.39, 0.29) is 17.5 Å². The van der Waals surface area contributed by atoms with Gasteiger partial charge in [0, 0.05) is 26.3 Å². The molecule has 4 nitrogen and oxygen atoms in total. The van der Waals surface area contributed by atoms with Gasteiger partial charge in [0.1, 0.15) is 5.82 Å². The lowest BCUT2D eigenvalue weighted by Crippen LogP contribution is -2.37. The molecule has 1 atom stereocenters. The molecule has 1 N–H and O–H groups in total. The molecular formula is C21H26FN3O. The Labute approximate surface area is 154 Å². The molecule has 0 radical (unpaired) electrons. The summed E-state index contributed by atoms with van der Waals surface area (Å²) in [6.07, 6.45) is 2.35. The zero-order chi connectivity index (χ0) is 18.5. The molecule has 0 aromatic heterocycles. The van der Waals surface area contributed by atoms with Crippen molar-refractivity contribution in [1.82, 2.24) is 10.2 Å². The monoisotopic (exact) mass is 355 g/mol. The van der Waals surface area contributed by atoms with Gasteiger partial charge in [0.25, 0.3) is 5.91 Å². The number of nitrogens with one attached hydrogen (secondary N) is 1. The molecule has 5 heteroatoms. The molecule has 0 saturated carbocycles. The number of benzene rings is 2. The summed E-state index contributed by atoms with van der Waals surface area (Å²) < 4.78 is 13.8. The van der Waals surface area contributed by atoms with Gasteiger partial charge in [-0.25, -0.2) is 4.39 Å². The van der Waals surface area contributed by atoms with Crippen LogP contribution in [0.3, 0.4) is 0 Å². The molecular weight excluding hydrogens is 329 g/mol. The minimum atomic E-state index is -0.488. The predicted octanol–water partition coefficient (Wildman–Crippen LogP) is 3.46. The fourth-order valence-electron chi connectivity index (χ4n) is 3.44. The molecule has 0 spiro atoms. The van der Waals surface area contributed by atoms with Gasteiger partial charge in [-0.1, -0.05) is 24.3 Å². The Balaban J connectivity index is 1.74. The van der Waals surface area contributed by atoms with Crippen LogP contribution < -0.4 is 10.2 Å². The molecule has 0 aliphatic carbocycles. The van der Waals surface area contributed by atoms with E-state index in [0.29, 0.717) is 6.54 Å². The summed E-state index contributed by atoms with van der Waals surface area (Å²) in [5.41, 5.74) is 2.41. The number of nitrogens with zero attached hydrogens (tertiary/aromatic N) is 2. The van der Waals surface area contributed by atoms with Crippen molar-refractivity contribution in [2.75, 3.05) is 38.6 Å². The average Bonchev–Trinajstić information content (AvgIpc) is 3.17. The van der Waals surface area contributed by atoms with Crippen LogP contribution in [0.25, 0.3) is 0 Å². The number of anilines is 1. The minimum absolute atomic E-state index is 0.0932. The second-order valence-corrected chi connectivity index (χ2v) is 6.93. The van der Waals surface area contributed by atoms with E-state index in [1.54, 1.807) is 12.1 Å². The Morgan fingerprint density at radius 3 is 2.38 bits per heavy atom. The van der Waals surface area contributed by atoms with E-state index in [2.05, 4.69) is 39.4 Å². The first kappa shape index (κ1) is 18.4. The number of hydrogen-bond acceptors (Lipinski definition) is 3. The molecule has 1 saturated heterocycles. The van der Waals surface area contributed by atoms with Crippen molar-refractivity contribution in [2.24, 2.45) is 0 Å². The van der Waals surface area contributed by atoms with Gasteiger partial charge in [-0.05, 0) is 55.8 Å². The summed E-state index contributed by atoms with van der Waals surface area (Å²) in [6.45, 7) is 2.51. The highest BCUT2D eigenvalue weighted by molar-refractivity contribution is 5.94. The number of rotatable bonds is 6. The normalized spacial score (nSPS) is 15.7. The van der Waals surface area contributed by atoms with Crippen LogP contribution in [0.2, 0.25) is 0 Å². The number of likely N-dealkylation sites (tertiary alicyclic amines) is 1. The first-order valence-electron chi connectivity index (χ1n) is 9.10. The lowest BCUT2D eigenvalue weighted by Gasteiger charge is -2.28. The molecule has 138 valence electrons. The highest BCUT2D eigenvalue weighted by Crippen LogP contribution is 2.26. The quantitative estimate of drug-likeness (QED) is 0.862. The number of halogens is 1. The fourth-order valence-corrected chi connectivity index (χ4v) is 3.44. The third-order valence-electron chi connectivity index (χ3n) is 4.95. The maximum absolute atomic E-state index is 13.8. The maximum Gasteiger partial charge on any atom is 0.254 e. The molecule has 1 amide bonds. The van der Waals surface area contributed by atoms with E-state index in [1.807, 2.05) is 14.1 Å². The number of amides is 1. The second kappa shape index (κ2) is 8.32. The molecule has 26 heavy (non-hydrogen) atoms. The fraction of sp³-hybridized carbons (Fsp3) is 0.381. The lowest BCUT2D eigenvalue weighted by atomic mass is 10.0. The number of hydrogen-bond donors (Lipinski definition) is 1. The molecule has 1 heterocycles. The predicted molar refractivity (Wildman–Crippen MR) is 103 cm³/mol. The standard InChI is InChI=1S/C21H26FN3O/c1-24(2)17-11-9-16(10-12-17)20(25-13-5-6-14-25)15-23-21(26)18-7-3-4-8-19(18)22/h3-4,7-12,20H,5-6,13-15H2,1-2H3,(H,23,26)/t20-/m0/s1. The topological polar surface area (TPSA) is 35.6 Å². The highest BCUT2D eigenvalue weighted by Gasteiger charge is 2.24. The Bertz CT molecular complexity index is 739. The van der Waals surface area contributed by atoms with Gasteiger partial charge in [-0.2, -0.15) is 0 Å². The van der Waals surface area contributed by atoms with Gasteiger partial charge in [-0.15, -0.1) is 0 Å². The van der Waals surface area contributed by atoms with E-state index in [1.165, 1.54) is 30.5 Å². The van der Waals surface area contributed by atoms with Crippen molar-refractivity contribution in [2.45, 2.75) is 18.9 Å². The summed E-state index contributed by atoms with van der Waals surface area (Å²) in [7, 11) is 4.03. The van der Waals surface area contributed by atoms with Gasteiger partial charge < -0.3 is 10.2 Å². The molecule has 3 rings (SSSR count). The first-order valence-corrected chi connectivity index (χ1v) is 9.10. The first-order chi connectivity index (χ1) is 12.6. The van der Waals surface area contributed by atoms with E-state index >= 15 is 0 Å². The summed E-state index contributed by atoms with van der Waals surface area (Å²) in [6, 6.07) is 14.6. The number of carbonyl (C=O) groups is 1. The zero-order valence-corrected chi connectivity index (χ0v) is 15.4. The van der Waals surface area contributed by atoms with Crippen LogP contribution in [-0.2, 0) is 0 Å². The molecule has 0 unspecified atom stereocenters. The Hall–Kier alpha value is -2.40. The minimum Gasteiger partial charge on any atom is -0.378 e. The third-order valence-corrected chi connectivity index (χ3v) is 4.95. The molecule has 1 aliphatic heterocycles. The highest BCUT2D eigenvalue weighted by atomic mass is 19.1. The maximum atomic E-state index is 13.8. The van der Waals surface area contributed by atoms with E-state index in [9.17, 15) is 9.18 Å². The molecule has 1 fully saturated rings. The van der Waals surface area contributed by atoms with Crippen LogP contribution in [0, 0.1) is 5.82 Å². The van der Waals surface area contributed by atoms with E-state index < -0.39 is 5.82 Å². The SMILES string of the molecule is CN(C)c1ccc([C@H](CNC(=O)c2ccccc2F)N2CCCC2)cc1. The van der Waals surface area contributed by atoms with Crippen LogP contribution in [-0.4, -0.2) is 44.5 Å². The van der Waals surface area contributed by atoms with E-state index in [0.717, 1.165) is 18.8 Å². The summed E-state index contributed by atoms with van der Waals surface area (Å²) in [5.74, 6) is -0.852. The zero-order valence-electron chi connectivity index (χ0n) is 15.4. The third kappa shape index (κ3) is 4.22. The molecule has 0 bridgehead atoms. The van der Waals surface area contributed by atoms with E-state index in [4.69, 9.17) is 0 Å². The summed E-state index contributed by atoms with van der Waals surface area (Å²) >= 11 is 0. The summed E-state index contributed by atoms with van der Waals surface area (Å²) in [5, 5.41) is 2.92. The Morgan fingerprint density at radius 1 is 1.12 bits per heavy atom. The van der Waals surface area contributed by atoms with Crippen molar-refractivity contribution in [1.29, 1.82) is 0 Å². The lowest BCUT2D eigenvalue weighted by molar-refractivity contribution is 0.0934. The summed E-state index contributed by atoms with van der Waals surface area (Å²) in [4.78, 5) is 16.8. The largest absolute Gasteiger partial charge is 0.378 e. The molecule has 2 aromatic rings. The van der Waals surface area contributed by atoms with Crippen molar-refractivity contribution in [3.63, 3.8) is 0 Å². The van der Waals surface area contributed by atoms with Gasteiger partial charge in [0.05, 0.1) is 11.6 Å². The Morgan fingerprint density at radius 2 is 1.77 bits per heavy atom. The van der Waals surface area contributed by atoms with Gasteiger partial charge in [0.2, 0.25) is 0 Å². The van der Waals surface area contributed by atoms with Gasteiger partial charge in [-0.3, -0.25) is 9.69 Å². The molecule has 1 aliphatic rings. The average molecular weight is 355 g/mol. The second-order valence-electron chi connectivity index (χ2n) is 6.93. The van der Waals surface area contributed by atoms with Gasteiger partial charge >= 0.3 is 0 Å².